The molecule has 0 aliphatic rings. The molecule has 0 radical (unpaired) electrons. The summed E-state index contributed by atoms with van der Waals surface area (Å²) in [5, 5.41) is 1.09. The van der Waals surface area contributed by atoms with Crippen LogP contribution in [0.2, 0.25) is 5.28 Å². The monoisotopic (exact) mass is 289 g/mol. The van der Waals surface area contributed by atoms with Crippen molar-refractivity contribution in [3.05, 3.63) is 40.0 Å². The Kier molecular flexibility index (Phi) is 2.92. The van der Waals surface area contributed by atoms with Gasteiger partial charge in [-0.25, -0.2) is 9.97 Å². The van der Waals surface area contributed by atoms with E-state index in [0.29, 0.717) is 5.82 Å². The van der Waals surface area contributed by atoms with E-state index >= 15 is 0 Å². The third-order valence-corrected chi connectivity index (χ3v) is 4.24. The molecule has 2 heterocycles. The van der Waals surface area contributed by atoms with E-state index < -0.39 is 0 Å². The number of hydrogen-bond acceptors (Lipinski definition) is 4. The highest BCUT2D eigenvalue weighted by molar-refractivity contribution is 7.19. The molecule has 3 rings (SSSR count). The van der Waals surface area contributed by atoms with Crippen molar-refractivity contribution in [1.29, 1.82) is 0 Å². The van der Waals surface area contributed by atoms with Crippen LogP contribution in [0.4, 0.5) is 5.82 Å². The van der Waals surface area contributed by atoms with Gasteiger partial charge < -0.3 is 5.73 Å². The minimum Gasteiger partial charge on any atom is -0.383 e. The lowest BCUT2D eigenvalue weighted by atomic mass is 10.0. The fourth-order valence-corrected chi connectivity index (χ4v) is 3.46. The van der Waals surface area contributed by atoms with Gasteiger partial charge in [-0.15, -0.1) is 11.3 Å². The molecule has 19 heavy (non-hydrogen) atoms. The molecule has 0 aliphatic heterocycles. The van der Waals surface area contributed by atoms with E-state index in [0.717, 1.165) is 21.3 Å². The molecule has 3 nitrogen and oxygen atoms in total. The number of aromatic nitrogens is 2. The Balaban J connectivity index is 2.34. The van der Waals surface area contributed by atoms with Crippen LogP contribution in [0.15, 0.2) is 24.3 Å². The van der Waals surface area contributed by atoms with Gasteiger partial charge in [0.25, 0.3) is 0 Å². The lowest BCUT2D eigenvalue weighted by Gasteiger charge is -2.04. The van der Waals surface area contributed by atoms with Gasteiger partial charge in [0.15, 0.2) is 0 Å². The average molecular weight is 290 g/mol. The van der Waals surface area contributed by atoms with Gasteiger partial charge in [-0.2, -0.15) is 0 Å². The van der Waals surface area contributed by atoms with Gasteiger partial charge in [0.1, 0.15) is 10.6 Å². The Hall–Kier alpha value is -1.65. The van der Waals surface area contributed by atoms with E-state index in [1.165, 1.54) is 10.4 Å². The van der Waals surface area contributed by atoms with Crippen LogP contribution in [0.1, 0.15) is 10.4 Å². The van der Waals surface area contributed by atoms with Crippen molar-refractivity contribution >= 4 is 39.0 Å². The average Bonchev–Trinajstić information content (AvgIpc) is 2.66. The van der Waals surface area contributed by atoms with Gasteiger partial charge in [-0.05, 0) is 31.0 Å². The van der Waals surface area contributed by atoms with E-state index in [1.54, 1.807) is 11.3 Å². The van der Waals surface area contributed by atoms with Crippen LogP contribution in [0.3, 0.4) is 0 Å². The fraction of sp³-hybridized carbons (Fsp3) is 0.143. The number of fused-ring (bicyclic) bond motifs is 1. The second kappa shape index (κ2) is 4.47. The highest BCUT2D eigenvalue weighted by atomic mass is 35.5. The number of rotatable bonds is 1. The molecule has 0 saturated carbocycles. The number of nitrogen functional groups attached to an aromatic ring is 1. The number of hydrogen-bond donors (Lipinski definition) is 1. The minimum atomic E-state index is 0.196. The number of benzene rings is 1. The Morgan fingerprint density at radius 1 is 1.11 bits per heavy atom. The minimum absolute atomic E-state index is 0.196. The fourth-order valence-electron chi connectivity index (χ4n) is 2.18. The summed E-state index contributed by atoms with van der Waals surface area (Å²) >= 11 is 7.45. The van der Waals surface area contributed by atoms with Crippen molar-refractivity contribution in [2.24, 2.45) is 0 Å². The van der Waals surface area contributed by atoms with Crippen molar-refractivity contribution in [2.45, 2.75) is 13.8 Å². The standard InChI is InChI=1S/C14H12ClN3S/c1-7-3-5-9(6-4-7)10-8(2)19-13-11(10)12(16)17-14(15)18-13/h3-6H,1-2H3,(H2,16,17,18). The smallest absolute Gasteiger partial charge is 0.225 e. The zero-order valence-electron chi connectivity index (χ0n) is 10.6. The molecule has 3 aromatic rings. The van der Waals surface area contributed by atoms with Gasteiger partial charge in [0, 0.05) is 10.4 Å². The van der Waals surface area contributed by atoms with E-state index in [2.05, 4.69) is 48.1 Å². The first kappa shape index (κ1) is 12.4. The van der Waals surface area contributed by atoms with Crippen molar-refractivity contribution in [1.82, 2.24) is 9.97 Å². The molecule has 1 aromatic carbocycles. The lowest BCUT2D eigenvalue weighted by Crippen LogP contribution is -1.94. The molecule has 5 heteroatoms. The van der Waals surface area contributed by atoms with Crippen LogP contribution in [-0.2, 0) is 0 Å². The Labute approximate surface area is 120 Å². The van der Waals surface area contributed by atoms with Crippen molar-refractivity contribution in [3.63, 3.8) is 0 Å². The van der Waals surface area contributed by atoms with Crippen LogP contribution < -0.4 is 5.73 Å². The van der Waals surface area contributed by atoms with Crippen LogP contribution >= 0.6 is 22.9 Å². The van der Waals surface area contributed by atoms with Crippen molar-refractivity contribution in [3.8, 4) is 11.1 Å². The molecule has 0 saturated heterocycles. The van der Waals surface area contributed by atoms with E-state index in [4.69, 9.17) is 17.3 Å². The first-order chi connectivity index (χ1) is 9.06. The van der Waals surface area contributed by atoms with Gasteiger partial charge in [0.05, 0.1) is 5.39 Å². The number of aryl methyl sites for hydroxylation is 2. The first-order valence-electron chi connectivity index (χ1n) is 5.85. The quantitative estimate of drug-likeness (QED) is 0.683. The van der Waals surface area contributed by atoms with Crippen LogP contribution in [0.25, 0.3) is 21.3 Å². The molecule has 0 aliphatic carbocycles. The zero-order valence-corrected chi connectivity index (χ0v) is 12.1. The number of thiophene rings is 1. The Morgan fingerprint density at radius 3 is 2.47 bits per heavy atom. The topological polar surface area (TPSA) is 51.8 Å². The van der Waals surface area contributed by atoms with Gasteiger partial charge in [-0.3, -0.25) is 0 Å². The second-order valence-electron chi connectivity index (χ2n) is 4.46. The molecule has 0 fully saturated rings. The maximum Gasteiger partial charge on any atom is 0.225 e. The maximum atomic E-state index is 6.01. The number of nitrogens with two attached hydrogens (primary N) is 1. The largest absolute Gasteiger partial charge is 0.383 e. The molecule has 2 aromatic heterocycles. The summed E-state index contributed by atoms with van der Waals surface area (Å²) in [7, 11) is 0. The summed E-state index contributed by atoms with van der Waals surface area (Å²) < 4.78 is 0. The Morgan fingerprint density at radius 2 is 1.79 bits per heavy atom. The molecule has 2 N–H and O–H groups in total. The molecule has 0 unspecified atom stereocenters. The third kappa shape index (κ3) is 2.07. The lowest BCUT2D eigenvalue weighted by molar-refractivity contribution is 1.24. The highest BCUT2D eigenvalue weighted by Crippen LogP contribution is 2.40. The predicted molar refractivity (Wildman–Crippen MR) is 81.7 cm³/mol. The molecule has 0 bridgehead atoms. The summed E-state index contributed by atoms with van der Waals surface area (Å²) in [5.74, 6) is 0.440. The second-order valence-corrected chi connectivity index (χ2v) is 6.00. The molecule has 0 spiro atoms. The third-order valence-electron chi connectivity index (χ3n) is 3.07. The highest BCUT2D eigenvalue weighted by Gasteiger charge is 2.16. The Bertz CT molecular complexity index is 762. The number of halogens is 1. The number of nitrogens with zero attached hydrogens (tertiary/aromatic N) is 2. The van der Waals surface area contributed by atoms with E-state index in [-0.39, 0.29) is 5.28 Å². The van der Waals surface area contributed by atoms with E-state index in [1.807, 2.05) is 0 Å². The molecular formula is C14H12ClN3S. The molecule has 0 atom stereocenters. The molecular weight excluding hydrogens is 278 g/mol. The van der Waals surface area contributed by atoms with E-state index in [9.17, 15) is 0 Å². The zero-order chi connectivity index (χ0) is 13.6. The predicted octanol–water partition coefficient (Wildman–Crippen LogP) is 4.21. The van der Waals surface area contributed by atoms with Gasteiger partial charge in [0.2, 0.25) is 5.28 Å². The van der Waals surface area contributed by atoms with Crippen LogP contribution in [0, 0.1) is 13.8 Å². The summed E-state index contributed by atoms with van der Waals surface area (Å²) in [6.45, 7) is 4.13. The maximum absolute atomic E-state index is 6.01. The summed E-state index contributed by atoms with van der Waals surface area (Å²) in [4.78, 5) is 10.3. The summed E-state index contributed by atoms with van der Waals surface area (Å²) in [5.41, 5.74) is 9.48. The normalized spacial score (nSPS) is 11.1. The van der Waals surface area contributed by atoms with Crippen molar-refractivity contribution < 1.29 is 0 Å². The van der Waals surface area contributed by atoms with Crippen LogP contribution in [-0.4, -0.2) is 9.97 Å². The number of anilines is 1. The van der Waals surface area contributed by atoms with Crippen LogP contribution in [0.5, 0.6) is 0 Å². The van der Waals surface area contributed by atoms with Crippen molar-refractivity contribution in [2.75, 3.05) is 5.73 Å². The molecule has 96 valence electrons. The first-order valence-corrected chi connectivity index (χ1v) is 7.05. The summed E-state index contributed by atoms with van der Waals surface area (Å²) in [6.07, 6.45) is 0. The van der Waals surface area contributed by atoms with Gasteiger partial charge >= 0.3 is 0 Å². The van der Waals surface area contributed by atoms with Gasteiger partial charge in [-0.1, -0.05) is 29.8 Å². The summed E-state index contributed by atoms with van der Waals surface area (Å²) in [6, 6.07) is 8.37. The SMILES string of the molecule is Cc1ccc(-c2c(C)sc3nc(Cl)nc(N)c23)cc1. The molecule has 0 amide bonds.